The molecule has 356 valence electrons. The number of carbonyl (C=O) groups is 1. The summed E-state index contributed by atoms with van der Waals surface area (Å²) in [4.78, 5) is 23.0. The van der Waals surface area contributed by atoms with Gasteiger partial charge in [-0.25, -0.2) is 4.57 Å². The Hall–Kier alpha value is -1.80. The van der Waals surface area contributed by atoms with Crippen LogP contribution < -0.4 is 0 Å². The fourth-order valence-corrected chi connectivity index (χ4v) is 7.50. The second kappa shape index (κ2) is 44.8. The monoisotopic (exact) mass is 879 g/mol. The minimum absolute atomic E-state index is 0.0790. The van der Waals surface area contributed by atoms with Crippen LogP contribution in [0.25, 0.3) is 0 Å². The number of phosphoric ester groups is 1. The number of hydrogen-bond acceptors (Lipinski definition) is 6. The largest absolute Gasteiger partial charge is 0.472 e. The Kier molecular flexibility index (Phi) is 43.5. The Morgan fingerprint density at radius 2 is 0.951 bits per heavy atom. The summed E-state index contributed by atoms with van der Waals surface area (Å²) in [6, 6.07) is 0. The van der Waals surface area contributed by atoms with Crippen molar-refractivity contribution in [3.63, 3.8) is 0 Å². The predicted molar refractivity (Wildman–Crippen MR) is 261 cm³/mol. The number of carbonyl (C=O) groups excluding carboxylic acids is 1. The summed E-state index contributed by atoms with van der Waals surface area (Å²) in [6.07, 6.45) is 57.0. The van der Waals surface area contributed by atoms with Crippen LogP contribution in [-0.4, -0.2) is 75.6 Å². The first-order valence-corrected chi connectivity index (χ1v) is 26.5. The highest BCUT2D eigenvalue weighted by molar-refractivity contribution is 7.47. The molecule has 0 amide bonds. The lowest BCUT2D eigenvalue weighted by atomic mass is 10.0. The maximum absolute atomic E-state index is 12.8. The van der Waals surface area contributed by atoms with Crippen LogP contribution in [0.3, 0.4) is 0 Å². The molecular formula is C52H97NO7P+. The topological polar surface area (TPSA) is 91.3 Å². The number of quaternary nitrogens is 1. The molecular weight excluding hydrogens is 782 g/mol. The molecule has 0 bridgehead atoms. The minimum Gasteiger partial charge on any atom is -0.457 e. The van der Waals surface area contributed by atoms with Crippen LogP contribution >= 0.6 is 7.82 Å². The number of nitrogens with zero attached hydrogens (tertiary/aromatic N) is 1. The lowest BCUT2D eigenvalue weighted by Crippen LogP contribution is -2.37. The highest BCUT2D eigenvalue weighted by Gasteiger charge is 2.26. The van der Waals surface area contributed by atoms with E-state index in [9.17, 15) is 14.3 Å². The number of rotatable bonds is 46. The summed E-state index contributed by atoms with van der Waals surface area (Å²) in [5.74, 6) is -0.327. The summed E-state index contributed by atoms with van der Waals surface area (Å²) < 4.78 is 35.1. The Morgan fingerprint density at radius 1 is 0.525 bits per heavy atom. The zero-order chi connectivity index (χ0) is 44.8. The van der Waals surface area contributed by atoms with E-state index < -0.39 is 13.9 Å². The summed E-state index contributed by atoms with van der Waals surface area (Å²) in [7, 11) is 1.64. The van der Waals surface area contributed by atoms with E-state index in [4.69, 9.17) is 18.5 Å². The molecule has 0 aromatic carbocycles. The standard InChI is InChI=1S/C52H96NO7P/c1-6-8-10-12-14-16-18-20-22-24-26-27-28-29-31-33-35-37-39-41-43-45-52(54)60-51(50-59-61(55,56)58-48-46-53(3,4)5)49-57-47-44-42-40-38-36-34-32-30-25-23-21-19-17-15-13-11-9-7-2/h9,11,15,17,21,23,30,32,36,38,51H,6-8,10,12-14,16,18-20,22,24-29,31,33-35,37,39-50H2,1-5H3/p+1/b11-9-,17-15-,23-21-,32-30-,38-36-. The lowest BCUT2D eigenvalue weighted by Gasteiger charge is -2.24. The third-order valence-electron chi connectivity index (χ3n) is 10.6. The molecule has 0 aliphatic carbocycles. The van der Waals surface area contributed by atoms with E-state index in [1.165, 1.54) is 116 Å². The normalized spacial score (nSPS) is 14.1. The van der Waals surface area contributed by atoms with Gasteiger partial charge in [-0.15, -0.1) is 0 Å². The molecule has 0 heterocycles. The molecule has 1 N–H and O–H groups in total. The van der Waals surface area contributed by atoms with Crippen LogP contribution in [0.5, 0.6) is 0 Å². The van der Waals surface area contributed by atoms with E-state index in [-0.39, 0.29) is 25.8 Å². The fourth-order valence-electron chi connectivity index (χ4n) is 6.76. The maximum Gasteiger partial charge on any atom is 0.472 e. The number of allylic oxidation sites excluding steroid dienone is 10. The van der Waals surface area contributed by atoms with Crippen molar-refractivity contribution in [3.8, 4) is 0 Å². The minimum atomic E-state index is -4.29. The van der Waals surface area contributed by atoms with Gasteiger partial charge in [-0.05, 0) is 57.8 Å². The number of likely N-dealkylation sites (N-methyl/N-ethyl adjacent to an activating group) is 1. The molecule has 0 spiro atoms. The molecule has 2 atom stereocenters. The van der Waals surface area contributed by atoms with Gasteiger partial charge in [0.1, 0.15) is 19.3 Å². The second-order valence-corrected chi connectivity index (χ2v) is 19.3. The quantitative estimate of drug-likeness (QED) is 0.0214. The maximum atomic E-state index is 12.8. The molecule has 0 fully saturated rings. The summed E-state index contributed by atoms with van der Waals surface area (Å²) >= 11 is 0. The van der Waals surface area contributed by atoms with Gasteiger partial charge in [0.15, 0.2) is 0 Å². The molecule has 0 aliphatic heterocycles. The Labute approximate surface area is 377 Å². The smallest absolute Gasteiger partial charge is 0.457 e. The molecule has 0 saturated carbocycles. The summed E-state index contributed by atoms with van der Waals surface area (Å²) in [5.41, 5.74) is 0. The zero-order valence-corrected chi connectivity index (χ0v) is 41.3. The highest BCUT2D eigenvalue weighted by Crippen LogP contribution is 2.43. The van der Waals surface area contributed by atoms with Crippen molar-refractivity contribution in [1.82, 2.24) is 0 Å². The molecule has 61 heavy (non-hydrogen) atoms. The van der Waals surface area contributed by atoms with Crippen LogP contribution in [0.2, 0.25) is 0 Å². The average Bonchev–Trinajstić information content (AvgIpc) is 3.22. The molecule has 8 nitrogen and oxygen atoms in total. The first-order valence-electron chi connectivity index (χ1n) is 25.0. The summed E-state index contributed by atoms with van der Waals surface area (Å²) in [6.45, 7) is 5.42. The number of esters is 1. The number of unbranched alkanes of at least 4 members (excludes halogenated alkanes) is 22. The Balaban J connectivity index is 4.21. The van der Waals surface area contributed by atoms with Crippen molar-refractivity contribution in [2.45, 2.75) is 213 Å². The van der Waals surface area contributed by atoms with Gasteiger partial charge in [-0.3, -0.25) is 13.8 Å². The van der Waals surface area contributed by atoms with Crippen molar-refractivity contribution < 1.29 is 37.3 Å². The SMILES string of the molecule is CC/C=C\C/C=C\C/C=C\C/C=C\C/C=C\CCCCOCC(COP(=O)(O)OCC[N+](C)(C)C)OC(=O)CCCCCCCCCCCCCCCCCCCCCCC. The third kappa shape index (κ3) is 49.1. The van der Waals surface area contributed by atoms with Gasteiger partial charge in [-0.1, -0.05) is 203 Å². The van der Waals surface area contributed by atoms with Crippen molar-refractivity contribution in [3.05, 3.63) is 60.8 Å². The van der Waals surface area contributed by atoms with Crippen LogP contribution in [0, 0.1) is 0 Å². The summed E-state index contributed by atoms with van der Waals surface area (Å²) in [5, 5.41) is 0. The van der Waals surface area contributed by atoms with E-state index >= 15 is 0 Å². The predicted octanol–water partition coefficient (Wildman–Crippen LogP) is 15.3. The van der Waals surface area contributed by atoms with Gasteiger partial charge >= 0.3 is 13.8 Å². The van der Waals surface area contributed by atoms with E-state index in [0.29, 0.717) is 24.1 Å². The molecule has 2 unspecified atom stereocenters. The van der Waals surface area contributed by atoms with E-state index in [0.717, 1.165) is 70.6 Å². The van der Waals surface area contributed by atoms with E-state index in [1.54, 1.807) is 0 Å². The van der Waals surface area contributed by atoms with Gasteiger partial charge in [0, 0.05) is 13.0 Å². The molecule has 0 saturated heterocycles. The first-order chi connectivity index (χ1) is 29.6. The molecule has 0 aliphatic rings. The molecule has 9 heteroatoms. The van der Waals surface area contributed by atoms with Crippen LogP contribution in [0.4, 0.5) is 0 Å². The zero-order valence-electron chi connectivity index (χ0n) is 40.4. The van der Waals surface area contributed by atoms with Crippen LogP contribution in [-0.2, 0) is 27.9 Å². The van der Waals surface area contributed by atoms with E-state index in [1.807, 2.05) is 21.1 Å². The number of ether oxygens (including phenoxy) is 2. The third-order valence-corrected chi connectivity index (χ3v) is 11.6. The van der Waals surface area contributed by atoms with Crippen molar-refractivity contribution in [2.24, 2.45) is 0 Å². The van der Waals surface area contributed by atoms with Gasteiger partial charge < -0.3 is 18.9 Å². The van der Waals surface area contributed by atoms with Gasteiger partial charge in [0.25, 0.3) is 0 Å². The highest BCUT2D eigenvalue weighted by atomic mass is 31.2. The van der Waals surface area contributed by atoms with Gasteiger partial charge in [0.05, 0.1) is 34.4 Å². The molecule has 0 aromatic heterocycles. The van der Waals surface area contributed by atoms with Gasteiger partial charge in [-0.2, -0.15) is 0 Å². The van der Waals surface area contributed by atoms with Gasteiger partial charge in [0.2, 0.25) is 0 Å². The first kappa shape index (κ1) is 59.2. The number of hydrogen-bond donors (Lipinski definition) is 1. The number of phosphoric acid groups is 1. The van der Waals surface area contributed by atoms with Crippen LogP contribution in [0.15, 0.2) is 60.8 Å². The van der Waals surface area contributed by atoms with Crippen molar-refractivity contribution in [1.29, 1.82) is 0 Å². The molecule has 0 rings (SSSR count). The average molecular weight is 879 g/mol. The Morgan fingerprint density at radius 3 is 1.39 bits per heavy atom. The lowest BCUT2D eigenvalue weighted by molar-refractivity contribution is -0.870. The fraction of sp³-hybridized carbons (Fsp3) is 0.788. The van der Waals surface area contributed by atoms with E-state index in [2.05, 4.69) is 74.6 Å². The Bertz CT molecular complexity index is 1160. The molecule has 0 aromatic rings. The second-order valence-electron chi connectivity index (χ2n) is 17.8. The van der Waals surface area contributed by atoms with Crippen molar-refractivity contribution in [2.75, 3.05) is 54.1 Å². The van der Waals surface area contributed by atoms with Crippen LogP contribution in [0.1, 0.15) is 206 Å². The molecule has 0 radical (unpaired) electrons. The van der Waals surface area contributed by atoms with Crippen molar-refractivity contribution >= 4 is 13.8 Å².